The van der Waals surface area contributed by atoms with Gasteiger partial charge in [0.25, 0.3) is 0 Å². The summed E-state index contributed by atoms with van der Waals surface area (Å²) in [6, 6.07) is 18.2. The highest BCUT2D eigenvalue weighted by Gasteiger charge is 2.18. The van der Waals surface area contributed by atoms with Crippen molar-refractivity contribution in [2.75, 3.05) is 20.2 Å². The van der Waals surface area contributed by atoms with Crippen LogP contribution in [0, 0.1) is 0 Å². The lowest BCUT2D eigenvalue weighted by Crippen LogP contribution is -2.41. The fourth-order valence-electron chi connectivity index (χ4n) is 4.04. The molecule has 0 saturated carbocycles. The summed E-state index contributed by atoms with van der Waals surface area (Å²) in [5.41, 5.74) is 14.0. The number of nitrogens with two attached hydrogens (primary N) is 2. The number of likely N-dealkylation sites (N-methyl/N-ethyl adjacent to an activating group) is 1. The molecule has 33 heavy (non-hydrogen) atoms. The molecule has 4 N–H and O–H groups in total. The molecule has 2 aromatic rings. The Morgan fingerprint density at radius 2 is 1.64 bits per heavy atom. The molecule has 0 aliphatic heterocycles. The third kappa shape index (κ3) is 9.97. The van der Waals surface area contributed by atoms with Crippen molar-refractivity contribution in [3.63, 3.8) is 0 Å². The SMILES string of the molecule is CCCCCCC(COc1ccc(CN(C)C(=O)[C@H](N)CCCCN)cc1)c1ccccc1. The van der Waals surface area contributed by atoms with Crippen LogP contribution in [0.25, 0.3) is 0 Å². The topological polar surface area (TPSA) is 81.6 Å². The third-order valence-electron chi connectivity index (χ3n) is 6.13. The van der Waals surface area contributed by atoms with Gasteiger partial charge < -0.3 is 21.1 Å². The van der Waals surface area contributed by atoms with Crippen molar-refractivity contribution in [1.29, 1.82) is 0 Å². The van der Waals surface area contributed by atoms with Crippen LogP contribution in [0.5, 0.6) is 5.75 Å². The van der Waals surface area contributed by atoms with Crippen LogP contribution in [0.3, 0.4) is 0 Å². The van der Waals surface area contributed by atoms with Gasteiger partial charge in [-0.3, -0.25) is 4.79 Å². The number of amides is 1. The van der Waals surface area contributed by atoms with Crippen LogP contribution < -0.4 is 16.2 Å². The van der Waals surface area contributed by atoms with Gasteiger partial charge in [-0.25, -0.2) is 0 Å². The maximum atomic E-state index is 12.5. The second kappa shape index (κ2) is 15.5. The van der Waals surface area contributed by atoms with Crippen molar-refractivity contribution in [2.45, 2.75) is 76.8 Å². The summed E-state index contributed by atoms with van der Waals surface area (Å²) in [6.07, 6.45) is 8.64. The van der Waals surface area contributed by atoms with Crippen molar-refractivity contribution in [2.24, 2.45) is 11.5 Å². The third-order valence-corrected chi connectivity index (χ3v) is 6.13. The molecule has 1 amide bonds. The molecule has 0 bridgehead atoms. The molecule has 0 aliphatic carbocycles. The van der Waals surface area contributed by atoms with Crippen LogP contribution >= 0.6 is 0 Å². The fraction of sp³-hybridized carbons (Fsp3) is 0.536. The predicted octanol–water partition coefficient (Wildman–Crippen LogP) is 5.23. The Labute approximate surface area is 200 Å². The number of rotatable bonds is 16. The summed E-state index contributed by atoms with van der Waals surface area (Å²) >= 11 is 0. The molecule has 0 heterocycles. The van der Waals surface area contributed by atoms with Crippen LogP contribution in [-0.4, -0.2) is 37.0 Å². The zero-order chi connectivity index (χ0) is 23.9. The van der Waals surface area contributed by atoms with Crippen molar-refractivity contribution in [3.8, 4) is 5.75 Å². The monoisotopic (exact) mass is 453 g/mol. The quantitative estimate of drug-likeness (QED) is 0.341. The van der Waals surface area contributed by atoms with E-state index in [4.69, 9.17) is 16.2 Å². The second-order valence-electron chi connectivity index (χ2n) is 9.00. The highest BCUT2D eigenvalue weighted by molar-refractivity contribution is 5.81. The minimum atomic E-state index is -0.462. The van der Waals surface area contributed by atoms with Crippen LogP contribution in [0.15, 0.2) is 54.6 Å². The van der Waals surface area contributed by atoms with Crippen LogP contribution in [-0.2, 0) is 11.3 Å². The van der Waals surface area contributed by atoms with E-state index in [1.165, 1.54) is 31.2 Å². The first-order chi connectivity index (χ1) is 16.0. The number of hydrogen-bond acceptors (Lipinski definition) is 4. The Morgan fingerprint density at radius 1 is 0.939 bits per heavy atom. The highest BCUT2D eigenvalue weighted by Crippen LogP contribution is 2.24. The predicted molar refractivity (Wildman–Crippen MR) is 137 cm³/mol. The second-order valence-corrected chi connectivity index (χ2v) is 9.00. The summed E-state index contributed by atoms with van der Waals surface area (Å²) in [6.45, 7) is 4.09. The van der Waals surface area contributed by atoms with E-state index in [2.05, 4.69) is 37.3 Å². The molecule has 0 radical (unpaired) electrons. The number of ether oxygens (including phenoxy) is 1. The minimum Gasteiger partial charge on any atom is -0.493 e. The van der Waals surface area contributed by atoms with Crippen molar-refractivity contribution < 1.29 is 9.53 Å². The van der Waals surface area contributed by atoms with E-state index in [0.717, 1.165) is 30.6 Å². The van der Waals surface area contributed by atoms with Crippen LogP contribution in [0.2, 0.25) is 0 Å². The smallest absolute Gasteiger partial charge is 0.239 e. The molecule has 0 aromatic heterocycles. The largest absolute Gasteiger partial charge is 0.493 e. The number of carbonyl (C=O) groups excluding carboxylic acids is 1. The first-order valence-electron chi connectivity index (χ1n) is 12.5. The minimum absolute atomic E-state index is 0.0267. The Morgan fingerprint density at radius 3 is 2.30 bits per heavy atom. The van der Waals surface area contributed by atoms with Crippen LogP contribution in [0.4, 0.5) is 0 Å². The van der Waals surface area contributed by atoms with E-state index in [1.54, 1.807) is 11.9 Å². The maximum absolute atomic E-state index is 12.5. The Bertz CT molecular complexity index is 779. The molecule has 1 unspecified atom stereocenters. The summed E-state index contributed by atoms with van der Waals surface area (Å²) in [7, 11) is 1.80. The maximum Gasteiger partial charge on any atom is 0.239 e. The van der Waals surface area contributed by atoms with Gasteiger partial charge in [0.1, 0.15) is 5.75 Å². The van der Waals surface area contributed by atoms with Gasteiger partial charge >= 0.3 is 0 Å². The normalized spacial score (nSPS) is 12.8. The molecule has 0 fully saturated rings. The molecule has 2 rings (SSSR count). The Hall–Kier alpha value is -2.37. The molecule has 5 heteroatoms. The van der Waals surface area contributed by atoms with E-state index >= 15 is 0 Å². The lowest BCUT2D eigenvalue weighted by molar-refractivity contribution is -0.132. The average molecular weight is 454 g/mol. The first kappa shape index (κ1) is 26.9. The molecule has 0 aliphatic rings. The van der Waals surface area contributed by atoms with Gasteiger partial charge in [0.2, 0.25) is 5.91 Å². The number of benzene rings is 2. The number of nitrogens with zero attached hydrogens (tertiary/aromatic N) is 1. The molecule has 182 valence electrons. The number of hydrogen-bond donors (Lipinski definition) is 2. The molecule has 0 spiro atoms. The first-order valence-corrected chi connectivity index (χ1v) is 12.5. The van der Waals surface area contributed by atoms with E-state index in [-0.39, 0.29) is 5.91 Å². The summed E-state index contributed by atoms with van der Waals surface area (Å²) in [4.78, 5) is 14.2. The average Bonchev–Trinajstić information content (AvgIpc) is 2.84. The van der Waals surface area contributed by atoms with Gasteiger partial charge in [-0.2, -0.15) is 0 Å². The van der Waals surface area contributed by atoms with Crippen molar-refractivity contribution >= 4 is 5.91 Å². The standard InChI is InChI=1S/C28H43N3O2/c1-3-4-5-7-14-25(24-12-8-6-9-13-24)22-33-26-18-16-23(17-19-26)21-31(2)28(32)27(30)15-10-11-20-29/h6,8-9,12-13,16-19,25,27H,3-5,7,10-11,14-15,20-22,29-30H2,1-2H3/t25?,27-/m1/s1. The summed E-state index contributed by atoms with van der Waals surface area (Å²) in [5, 5.41) is 0. The molecule has 0 saturated heterocycles. The van der Waals surface area contributed by atoms with Gasteiger partial charge in [0.05, 0.1) is 12.6 Å². The zero-order valence-corrected chi connectivity index (χ0v) is 20.5. The van der Waals surface area contributed by atoms with Gasteiger partial charge in [-0.05, 0) is 49.1 Å². The molecule has 2 atom stereocenters. The lowest BCUT2D eigenvalue weighted by atomic mass is 9.94. The molecule has 2 aromatic carbocycles. The number of carbonyl (C=O) groups is 1. The van der Waals surface area contributed by atoms with E-state index < -0.39 is 6.04 Å². The van der Waals surface area contributed by atoms with E-state index in [0.29, 0.717) is 32.0 Å². The van der Waals surface area contributed by atoms with Gasteiger partial charge in [0.15, 0.2) is 0 Å². The van der Waals surface area contributed by atoms with Gasteiger partial charge in [0, 0.05) is 19.5 Å². The van der Waals surface area contributed by atoms with Crippen LogP contribution in [0.1, 0.15) is 75.3 Å². The molecular formula is C28H43N3O2. The van der Waals surface area contributed by atoms with Crippen molar-refractivity contribution in [1.82, 2.24) is 4.90 Å². The van der Waals surface area contributed by atoms with Gasteiger partial charge in [-0.15, -0.1) is 0 Å². The Kier molecular flexibility index (Phi) is 12.6. The van der Waals surface area contributed by atoms with E-state index in [9.17, 15) is 4.79 Å². The van der Waals surface area contributed by atoms with Crippen molar-refractivity contribution in [3.05, 3.63) is 65.7 Å². The molecular weight excluding hydrogens is 410 g/mol. The zero-order valence-electron chi connectivity index (χ0n) is 20.5. The lowest BCUT2D eigenvalue weighted by Gasteiger charge is -2.22. The Balaban J connectivity index is 1.86. The summed E-state index contributed by atoms with van der Waals surface area (Å²) < 4.78 is 6.17. The number of unbranched alkanes of at least 4 members (excludes halogenated alkanes) is 4. The van der Waals surface area contributed by atoms with E-state index in [1.807, 2.05) is 24.3 Å². The highest BCUT2D eigenvalue weighted by atomic mass is 16.5. The molecule has 5 nitrogen and oxygen atoms in total. The van der Waals surface area contributed by atoms with Gasteiger partial charge in [-0.1, -0.05) is 81.5 Å². The fourth-order valence-corrected chi connectivity index (χ4v) is 4.04. The summed E-state index contributed by atoms with van der Waals surface area (Å²) in [5.74, 6) is 1.23.